The van der Waals surface area contributed by atoms with Crippen molar-refractivity contribution in [2.45, 2.75) is 0 Å². The summed E-state index contributed by atoms with van der Waals surface area (Å²) in [6.45, 7) is 0. The van der Waals surface area contributed by atoms with E-state index >= 15 is 0 Å². The molecule has 0 aromatic heterocycles. The van der Waals surface area contributed by atoms with Gasteiger partial charge in [-0.1, -0.05) is 5.22 Å². The molecular formula is CH3IN148. The van der Waals surface area contributed by atoms with Crippen LogP contribution < -0.4 is 5.84 Å². The SMILES string of the molecule is NN=NN=NN=NN=NN=NN=NN=NN=NN=NN=NN=NN=NN=NN=NN=NN=NN=NN=NN=NN=NN=NN=NN=NN=NN=NN=NN=NN=NN=NN=NN=NN=NN=NN=NN=NN=NN=NN=NN=NN=NN=NN=NN=NN=NN=NN=NN=NN=NN=NN=NN=NN=NN=NN=NN=NN=NN=NN=NN=NN=NN=NN=NN=NN=NN=NN=NN=NN=NN=NN=NN=NN=NN=NN=CI. The molecule has 0 rings (SSSR count). The molecule has 0 fully saturated rings. The Balaban J connectivity index is 4.14. The fourth-order valence-electron chi connectivity index (χ4n) is 2.62. The van der Waals surface area contributed by atoms with Crippen LogP contribution in [0.3, 0.4) is 0 Å². The van der Waals surface area contributed by atoms with Crippen molar-refractivity contribution in [3.05, 3.63) is 0 Å². The number of halogens is 1. The zero-order chi connectivity index (χ0) is 107. The molecule has 0 radical (unpaired) electrons. The van der Waals surface area contributed by atoms with Crippen LogP contribution in [-0.4, -0.2) is 4.22 Å². The van der Waals surface area contributed by atoms with Gasteiger partial charge in [-0.3, -0.25) is 0 Å². The van der Waals surface area contributed by atoms with Gasteiger partial charge < -0.3 is 5.84 Å². The first-order chi connectivity index (χ1) is 74.9. The highest BCUT2D eigenvalue weighted by atomic mass is 127. The van der Waals surface area contributed by atoms with Crippen LogP contribution in [0.5, 0.6) is 0 Å². The third-order valence-electron chi connectivity index (χ3n) is 5.91. The maximum absolute atomic E-state index is 4.64. The van der Waals surface area contributed by atoms with E-state index < -0.39 is 0 Å². The van der Waals surface area contributed by atoms with Crippen molar-refractivity contribution in [3.63, 3.8) is 0 Å². The largest absolute Gasteiger partial charge is 0.303 e. The lowest BCUT2D eigenvalue weighted by atomic mass is 11.7. The van der Waals surface area contributed by atoms with Crippen molar-refractivity contribution in [2.24, 2.45) is 774 Å². The molecule has 0 unspecified atom stereocenters. The van der Waals surface area contributed by atoms with Crippen molar-refractivity contribution in [1.29, 1.82) is 0 Å². The van der Waals surface area contributed by atoms with Gasteiger partial charge in [0.1, 0.15) is 0 Å². The van der Waals surface area contributed by atoms with E-state index in [0.717, 1.165) is 0 Å². The summed E-state index contributed by atoms with van der Waals surface area (Å²) in [7, 11) is 0. The van der Waals surface area contributed by atoms with Crippen LogP contribution in [0.2, 0.25) is 0 Å². The summed E-state index contributed by atoms with van der Waals surface area (Å²) in [6.07, 6.45) is 0. The van der Waals surface area contributed by atoms with Crippen LogP contribution in [-0.2, 0) is 0 Å². The van der Waals surface area contributed by atoms with Gasteiger partial charge in [0.2, 0.25) is 0 Å². The molecule has 0 aliphatic carbocycles. The van der Waals surface area contributed by atoms with Gasteiger partial charge in [-0.2, -0.15) is 0 Å². The van der Waals surface area contributed by atoms with Crippen molar-refractivity contribution in [2.75, 3.05) is 0 Å². The number of rotatable bonds is 73. The van der Waals surface area contributed by atoms with Gasteiger partial charge >= 0.3 is 0 Å². The smallest absolute Gasteiger partial charge is 0.0897 e. The van der Waals surface area contributed by atoms with E-state index in [1.165, 1.54) is 4.22 Å². The average molecular weight is 2210 g/mol. The molecular weight excluding hydrogens is 2210 g/mol. The molecule has 0 atom stereocenters. The van der Waals surface area contributed by atoms with E-state index in [1.54, 1.807) is 0 Å². The Hall–Kier alpha value is -29.0. The molecule has 0 aromatic carbocycles. The van der Waals surface area contributed by atoms with Gasteiger partial charge in [0.15, 0.2) is 0 Å². The van der Waals surface area contributed by atoms with Gasteiger partial charge in [-0.15, -0.1) is 5.10 Å². The Kier molecular flexibility index (Phi) is 96.8. The fourth-order valence-corrected chi connectivity index (χ4v) is 2.74. The lowest BCUT2D eigenvalue weighted by Crippen LogP contribution is -1.70. The number of hydrogen-bond acceptors (Lipinski definition) is 2. The first kappa shape index (κ1) is 121. The highest BCUT2D eigenvalue weighted by Crippen LogP contribution is 2.03. The first-order valence-corrected chi connectivity index (χ1v) is 31.2. The van der Waals surface area contributed by atoms with E-state index in [1.807, 2.05) is 22.6 Å². The van der Waals surface area contributed by atoms with E-state index in [9.17, 15) is 0 Å². The predicted octanol–water partition coefficient (Wildman–Crippen LogP) is 27.1. The summed E-state index contributed by atoms with van der Waals surface area (Å²) in [5, 5.41) is 441. The van der Waals surface area contributed by atoms with E-state index in [4.69, 9.17) is 0 Å². The second-order valence-electron chi connectivity index (χ2n) is 13.3. The van der Waals surface area contributed by atoms with Gasteiger partial charge in [0.25, 0.3) is 0 Å². The molecule has 0 amide bonds. The lowest BCUT2D eigenvalue weighted by Gasteiger charge is -1.71. The minimum atomic E-state index is 1.33. The molecule has 2 N–H and O–H groups in total. The lowest BCUT2D eigenvalue weighted by molar-refractivity contribution is 0.722. The second kappa shape index (κ2) is 120. The summed E-state index contributed by atoms with van der Waals surface area (Å²) >= 11 is 1.81. The molecule has 0 aliphatic heterocycles. The van der Waals surface area contributed by atoms with Crippen molar-refractivity contribution in [1.82, 2.24) is 0 Å². The quantitative estimate of drug-likeness (QED) is 0.0200. The average Bonchev–Trinajstić information content (AvgIpc) is 1.12. The Morgan fingerprint density at radius 2 is 0.107 bits per heavy atom. The molecule has 0 heterocycles. The molecule has 0 spiro atoms. The Morgan fingerprint density at radius 1 is 0.0667 bits per heavy atom. The second-order valence-corrected chi connectivity index (χ2v) is 13.9. The molecule has 0 saturated heterocycles. The number of nitrogens with zero attached hydrogens (tertiary/aromatic N) is 147. The van der Waals surface area contributed by atoms with Gasteiger partial charge in [0.05, 0.1) is 4.22 Å². The standard InChI is InChI=1S/CH3IN148/c2-1-4-6-8-10-12-14-16-18-20-22-24-26-28-30-32-34-36-38-40-42-44-46-48-50-52-54-56-58-60-62-64-66-68-70-72-74-76-78-80-82-84-86-88-90-92-94-96-98-100-102-104-106-108-110-112-114-116-118-120-122-124-126-128-130-132-134-136-138-140-142-144-146-148-150-149-147-145-143-141-139-137-135-133-131-129-127-125-123-121-119-117-115-113-111-109-107-105-103-101-99-97-95-93-91-89-87-85-83-81-79-77-75-73-71-69-67-65-63-61-59-57-55-53-51-49-47-45-43-41-39-37-35-33-31-29-27-25-23-21-19-17-15-13-11-9-7-5-3/h1H,(H2,3,6,7,10,11,14,15,18,19,22,23,26,27,30,31,34,35,38,39,42,43,46,47,50,51,54,55,58,59,62,63,66,67,70,71,74,75,78,79,82,83,86,87,90,91,94,95,98,99,102,103,106,107,110,111,114,115,118,119,122,123,126,127,130,131,134,135,138,139,142,143,146,147,150). The zero-order valence-electron chi connectivity index (χ0n) is 67.3. The number of hydrogen-bond donors (Lipinski definition) is 1. The molecule has 0 aromatic rings. The first-order valence-electron chi connectivity index (χ1n) is 29.9. The van der Waals surface area contributed by atoms with Crippen molar-refractivity contribution in [3.8, 4) is 0 Å². The summed E-state index contributed by atoms with van der Waals surface area (Å²) in [5.41, 5.74) is 0. The van der Waals surface area contributed by atoms with Crippen LogP contribution in [0.15, 0.2) is 768 Å². The zero-order valence-corrected chi connectivity index (χ0v) is 69.4. The Morgan fingerprint density at radius 3 is 0.147 bits per heavy atom. The van der Waals surface area contributed by atoms with Gasteiger partial charge in [-0.05, 0) is 101 Å². The van der Waals surface area contributed by atoms with Gasteiger partial charge in [-0.25, -0.2) is 0 Å². The summed E-state index contributed by atoms with van der Waals surface area (Å²) in [4.78, 5) is 0. The summed E-state index contributed by atoms with van der Waals surface area (Å²) < 4.78 is 1.33. The fraction of sp³-hybridized carbons (Fsp3) is 0. The van der Waals surface area contributed by atoms with Crippen LogP contribution in [0.25, 0.3) is 0 Å². The number of nitrogens with two attached hydrogens (primary N) is 1. The molecule has 150 heavy (non-hydrogen) atoms. The predicted molar refractivity (Wildman–Crippen MR) is 381 cm³/mol. The van der Waals surface area contributed by atoms with Crippen LogP contribution in [0, 0.1) is 0 Å². The Labute approximate surface area is 799 Å². The summed E-state index contributed by atoms with van der Waals surface area (Å²) in [6, 6.07) is 0. The molecule has 0 saturated carbocycles. The highest BCUT2D eigenvalue weighted by molar-refractivity contribution is 14.1. The van der Waals surface area contributed by atoms with Gasteiger partial charge in [0, 0.05) is 679 Å². The minimum Gasteiger partial charge on any atom is -0.303 e. The van der Waals surface area contributed by atoms with E-state index in [-0.39, 0.29) is 0 Å². The topological polar surface area (TPSA) is 1840 Å². The maximum Gasteiger partial charge on any atom is 0.0897 e. The summed E-state index contributed by atoms with van der Waals surface area (Å²) in [5.74, 6) is 4.64. The minimum absolute atomic E-state index is 1.33. The van der Waals surface area contributed by atoms with E-state index in [0.29, 0.717) is 0 Å². The Bertz CT molecular complexity index is 5100. The van der Waals surface area contributed by atoms with Crippen molar-refractivity contribution < 1.29 is 0 Å². The molecule has 148 nitrogen and oxygen atoms in total. The van der Waals surface area contributed by atoms with Crippen LogP contribution in [0.4, 0.5) is 0 Å². The monoisotopic (exact) mass is 2210 g/mol. The van der Waals surface area contributed by atoms with E-state index in [2.05, 4.69) is 774 Å². The molecule has 0 bridgehead atoms. The third kappa shape index (κ3) is 119. The van der Waals surface area contributed by atoms with Crippen LogP contribution in [0.1, 0.15) is 0 Å². The molecule has 754 valence electrons. The van der Waals surface area contributed by atoms with Crippen molar-refractivity contribution >= 4 is 26.8 Å². The maximum atomic E-state index is 4.64. The molecule has 149 heteroatoms. The highest BCUT2D eigenvalue weighted by Gasteiger charge is 1.85. The normalized spacial score (nSPS) is 15.8. The third-order valence-corrected chi connectivity index (χ3v) is 6.16. The van der Waals surface area contributed by atoms with Crippen LogP contribution >= 0.6 is 22.6 Å². The molecule has 0 aliphatic rings.